The molecule has 0 bridgehead atoms. The first kappa shape index (κ1) is 13.3. The number of hydrogen-bond acceptors (Lipinski definition) is 2. The molecule has 0 aliphatic rings. The minimum absolute atomic E-state index is 0.569. The van der Waals surface area contributed by atoms with Gasteiger partial charge in [0.2, 0.25) is 0 Å². The molecule has 2 aromatic rings. The summed E-state index contributed by atoms with van der Waals surface area (Å²) in [5.41, 5.74) is 6.00. The predicted octanol–water partition coefficient (Wildman–Crippen LogP) is 4.15. The van der Waals surface area contributed by atoms with Gasteiger partial charge in [0.1, 0.15) is 0 Å². The molecule has 0 saturated heterocycles. The highest BCUT2D eigenvalue weighted by Gasteiger charge is 2.11. The van der Waals surface area contributed by atoms with Crippen molar-refractivity contribution < 1.29 is 0 Å². The summed E-state index contributed by atoms with van der Waals surface area (Å²) < 4.78 is 0. The molecule has 0 heterocycles. The molecular formula is C17H20N2. The molecule has 0 saturated carbocycles. The van der Waals surface area contributed by atoms with Crippen molar-refractivity contribution in [1.29, 1.82) is 5.41 Å². The zero-order chi connectivity index (χ0) is 13.8. The van der Waals surface area contributed by atoms with Crippen LogP contribution in [0.3, 0.4) is 0 Å². The first-order chi connectivity index (χ1) is 9.13. The fraction of sp³-hybridized carbons (Fsp3) is 0.235. The molecule has 2 heteroatoms. The summed E-state index contributed by atoms with van der Waals surface area (Å²) in [5.74, 6) is 0. The zero-order valence-corrected chi connectivity index (χ0v) is 11.7. The lowest BCUT2D eigenvalue weighted by molar-refractivity contribution is 1.20. The van der Waals surface area contributed by atoms with Crippen molar-refractivity contribution in [3.8, 4) is 0 Å². The highest BCUT2D eigenvalue weighted by atomic mass is 14.9. The minimum atomic E-state index is 0.569. The molecule has 0 radical (unpaired) electrons. The fourth-order valence-corrected chi connectivity index (χ4v) is 2.12. The van der Waals surface area contributed by atoms with Crippen molar-refractivity contribution in [2.75, 3.05) is 11.9 Å². The Morgan fingerprint density at radius 2 is 1.68 bits per heavy atom. The van der Waals surface area contributed by atoms with Gasteiger partial charge in [0.15, 0.2) is 0 Å². The Morgan fingerprint density at radius 3 is 2.32 bits per heavy atom. The monoisotopic (exact) mass is 252 g/mol. The van der Waals surface area contributed by atoms with Crippen LogP contribution < -0.4 is 5.32 Å². The van der Waals surface area contributed by atoms with E-state index in [1.54, 1.807) is 0 Å². The Kier molecular flexibility index (Phi) is 4.00. The van der Waals surface area contributed by atoms with Crippen LogP contribution in [0.15, 0.2) is 42.5 Å². The first-order valence-corrected chi connectivity index (χ1v) is 6.63. The van der Waals surface area contributed by atoms with Crippen LogP contribution in [0.2, 0.25) is 0 Å². The van der Waals surface area contributed by atoms with Crippen LogP contribution in [-0.4, -0.2) is 12.3 Å². The van der Waals surface area contributed by atoms with E-state index in [4.69, 9.17) is 5.41 Å². The van der Waals surface area contributed by atoms with Crippen molar-refractivity contribution >= 4 is 11.4 Å². The summed E-state index contributed by atoms with van der Waals surface area (Å²) in [5, 5.41) is 11.8. The molecule has 2 N–H and O–H groups in total. The molecule has 2 nitrogen and oxygen atoms in total. The van der Waals surface area contributed by atoms with Gasteiger partial charge < -0.3 is 5.32 Å². The number of rotatable bonds is 4. The second-order valence-corrected chi connectivity index (χ2v) is 4.75. The lowest BCUT2D eigenvalue weighted by Gasteiger charge is -2.15. The average molecular weight is 252 g/mol. The number of hydrogen-bond donors (Lipinski definition) is 2. The number of anilines is 1. The second kappa shape index (κ2) is 5.70. The van der Waals surface area contributed by atoms with Gasteiger partial charge in [0, 0.05) is 23.4 Å². The van der Waals surface area contributed by atoms with E-state index in [0.29, 0.717) is 5.71 Å². The number of aryl methyl sites for hydroxylation is 2. The third-order valence-electron chi connectivity index (χ3n) is 3.33. The summed E-state index contributed by atoms with van der Waals surface area (Å²) in [6, 6.07) is 14.1. The van der Waals surface area contributed by atoms with Crippen molar-refractivity contribution in [2.24, 2.45) is 0 Å². The third-order valence-corrected chi connectivity index (χ3v) is 3.33. The standard InChI is InChI=1S/C17H20N2/c1-4-19-16-11-13(3)12(2)10-15(16)17(18)14-8-6-5-7-9-14/h5-11,18-19H,4H2,1-3H3. The van der Waals surface area contributed by atoms with Crippen LogP contribution in [0.1, 0.15) is 29.2 Å². The second-order valence-electron chi connectivity index (χ2n) is 4.75. The number of benzene rings is 2. The SMILES string of the molecule is CCNc1cc(C)c(C)cc1C(=N)c1ccccc1. The van der Waals surface area contributed by atoms with E-state index in [9.17, 15) is 0 Å². The van der Waals surface area contributed by atoms with Crippen LogP contribution >= 0.6 is 0 Å². The Hall–Kier alpha value is -2.09. The lowest BCUT2D eigenvalue weighted by atomic mass is 9.96. The molecule has 19 heavy (non-hydrogen) atoms. The van der Waals surface area contributed by atoms with E-state index in [0.717, 1.165) is 23.4 Å². The maximum absolute atomic E-state index is 8.42. The molecule has 0 amide bonds. The van der Waals surface area contributed by atoms with E-state index in [2.05, 4.69) is 38.2 Å². The molecule has 0 aliphatic carbocycles. The van der Waals surface area contributed by atoms with E-state index in [1.165, 1.54) is 11.1 Å². The zero-order valence-electron chi connectivity index (χ0n) is 11.7. The van der Waals surface area contributed by atoms with Crippen molar-refractivity contribution in [3.05, 3.63) is 64.7 Å². The molecule has 0 fully saturated rings. The van der Waals surface area contributed by atoms with E-state index in [-0.39, 0.29) is 0 Å². The summed E-state index contributed by atoms with van der Waals surface area (Å²) in [7, 11) is 0. The number of nitrogens with one attached hydrogen (secondary N) is 2. The highest BCUT2D eigenvalue weighted by molar-refractivity contribution is 6.14. The molecule has 0 aliphatic heterocycles. The minimum Gasteiger partial charge on any atom is -0.385 e. The molecule has 2 aromatic carbocycles. The molecular weight excluding hydrogens is 232 g/mol. The van der Waals surface area contributed by atoms with Gasteiger partial charge in [-0.15, -0.1) is 0 Å². The molecule has 98 valence electrons. The van der Waals surface area contributed by atoms with Crippen LogP contribution in [0.4, 0.5) is 5.69 Å². The van der Waals surface area contributed by atoms with Gasteiger partial charge in [-0.25, -0.2) is 0 Å². The van der Waals surface area contributed by atoms with Crippen molar-refractivity contribution in [2.45, 2.75) is 20.8 Å². The van der Waals surface area contributed by atoms with Gasteiger partial charge in [-0.3, -0.25) is 5.41 Å². The van der Waals surface area contributed by atoms with Gasteiger partial charge in [0.25, 0.3) is 0 Å². The topological polar surface area (TPSA) is 35.9 Å². The van der Waals surface area contributed by atoms with Crippen LogP contribution in [0, 0.1) is 19.3 Å². The summed E-state index contributed by atoms with van der Waals surface area (Å²) in [6.45, 7) is 7.13. The van der Waals surface area contributed by atoms with Crippen LogP contribution in [0.25, 0.3) is 0 Å². The van der Waals surface area contributed by atoms with Crippen LogP contribution in [0.5, 0.6) is 0 Å². The van der Waals surface area contributed by atoms with Gasteiger partial charge in [-0.1, -0.05) is 30.3 Å². The van der Waals surface area contributed by atoms with Crippen molar-refractivity contribution in [1.82, 2.24) is 0 Å². The molecule has 0 atom stereocenters. The average Bonchev–Trinajstić information content (AvgIpc) is 2.43. The summed E-state index contributed by atoms with van der Waals surface area (Å²) >= 11 is 0. The lowest BCUT2D eigenvalue weighted by Crippen LogP contribution is -2.08. The van der Waals surface area contributed by atoms with E-state index < -0.39 is 0 Å². The van der Waals surface area contributed by atoms with Gasteiger partial charge in [0.05, 0.1) is 5.71 Å². The normalized spacial score (nSPS) is 10.3. The van der Waals surface area contributed by atoms with E-state index in [1.807, 2.05) is 30.3 Å². The molecule has 0 unspecified atom stereocenters. The Labute approximate surface area is 115 Å². The molecule has 2 rings (SSSR count). The summed E-state index contributed by atoms with van der Waals surface area (Å²) in [4.78, 5) is 0. The largest absolute Gasteiger partial charge is 0.385 e. The maximum atomic E-state index is 8.42. The van der Waals surface area contributed by atoms with Gasteiger partial charge in [-0.2, -0.15) is 0 Å². The summed E-state index contributed by atoms with van der Waals surface area (Å²) in [6.07, 6.45) is 0. The maximum Gasteiger partial charge on any atom is 0.0705 e. The Bertz CT molecular complexity index is 586. The first-order valence-electron chi connectivity index (χ1n) is 6.63. The fourth-order valence-electron chi connectivity index (χ4n) is 2.12. The van der Waals surface area contributed by atoms with Crippen LogP contribution in [-0.2, 0) is 0 Å². The highest BCUT2D eigenvalue weighted by Crippen LogP contribution is 2.23. The molecule has 0 spiro atoms. The Balaban J connectivity index is 2.49. The smallest absolute Gasteiger partial charge is 0.0705 e. The van der Waals surface area contributed by atoms with Gasteiger partial charge in [-0.05, 0) is 44.0 Å². The quantitative estimate of drug-likeness (QED) is 0.788. The van der Waals surface area contributed by atoms with E-state index >= 15 is 0 Å². The third kappa shape index (κ3) is 2.84. The Morgan fingerprint density at radius 1 is 1.05 bits per heavy atom. The molecule has 0 aromatic heterocycles. The van der Waals surface area contributed by atoms with Gasteiger partial charge >= 0.3 is 0 Å². The van der Waals surface area contributed by atoms with Crippen molar-refractivity contribution in [3.63, 3.8) is 0 Å². The predicted molar refractivity (Wildman–Crippen MR) is 82.5 cm³/mol.